The Bertz CT molecular complexity index is 813. The van der Waals surface area contributed by atoms with Crippen LogP contribution in [0.5, 0.6) is 0 Å². The standard InChI is InChI=1S/C18H20N2/c1-11-13-8-9-20(3)12(2)15(13)10-16-14-6-4-5-7-17(14)19-18(11)16/h4-7,10,12,19H,8-9H2,1-3H3/t12-/m0/s1. The number of aromatic nitrogens is 1. The Morgan fingerprint density at radius 3 is 2.85 bits per heavy atom. The molecular weight excluding hydrogens is 244 g/mol. The minimum Gasteiger partial charge on any atom is -0.354 e. The third-order valence-electron chi connectivity index (χ3n) is 5.05. The Morgan fingerprint density at radius 1 is 1.20 bits per heavy atom. The van der Waals surface area contributed by atoms with Gasteiger partial charge in [-0.25, -0.2) is 0 Å². The lowest BCUT2D eigenvalue weighted by atomic mass is 9.88. The lowest BCUT2D eigenvalue weighted by Crippen LogP contribution is -2.30. The van der Waals surface area contributed by atoms with Crippen LogP contribution in [0.15, 0.2) is 30.3 Å². The number of rotatable bonds is 0. The van der Waals surface area contributed by atoms with E-state index in [9.17, 15) is 0 Å². The van der Waals surface area contributed by atoms with Crippen molar-refractivity contribution in [2.75, 3.05) is 13.6 Å². The molecule has 1 N–H and O–H groups in total. The molecule has 2 nitrogen and oxygen atoms in total. The summed E-state index contributed by atoms with van der Waals surface area (Å²) in [5, 5.41) is 2.72. The van der Waals surface area contributed by atoms with Gasteiger partial charge in [0.05, 0.1) is 0 Å². The van der Waals surface area contributed by atoms with Gasteiger partial charge in [0.25, 0.3) is 0 Å². The summed E-state index contributed by atoms with van der Waals surface area (Å²) in [5.74, 6) is 0. The van der Waals surface area contributed by atoms with Gasteiger partial charge < -0.3 is 4.98 Å². The number of hydrogen-bond acceptors (Lipinski definition) is 1. The molecule has 0 bridgehead atoms. The Morgan fingerprint density at radius 2 is 2.00 bits per heavy atom. The first-order valence-electron chi connectivity index (χ1n) is 7.40. The molecule has 2 heterocycles. The van der Waals surface area contributed by atoms with Crippen LogP contribution in [-0.2, 0) is 6.42 Å². The van der Waals surface area contributed by atoms with Crippen LogP contribution in [-0.4, -0.2) is 23.5 Å². The zero-order valence-corrected chi connectivity index (χ0v) is 12.3. The third-order valence-corrected chi connectivity index (χ3v) is 5.05. The Hall–Kier alpha value is -1.80. The van der Waals surface area contributed by atoms with Crippen LogP contribution in [0.2, 0.25) is 0 Å². The van der Waals surface area contributed by atoms with Gasteiger partial charge >= 0.3 is 0 Å². The summed E-state index contributed by atoms with van der Waals surface area (Å²) in [7, 11) is 2.22. The van der Waals surface area contributed by atoms with Gasteiger partial charge in [0.15, 0.2) is 0 Å². The predicted molar refractivity (Wildman–Crippen MR) is 85.3 cm³/mol. The van der Waals surface area contributed by atoms with E-state index in [2.05, 4.69) is 61.1 Å². The van der Waals surface area contributed by atoms with E-state index in [0.717, 1.165) is 13.0 Å². The van der Waals surface area contributed by atoms with Crippen LogP contribution in [0.25, 0.3) is 21.8 Å². The highest BCUT2D eigenvalue weighted by Gasteiger charge is 2.24. The highest BCUT2D eigenvalue weighted by Crippen LogP contribution is 2.37. The molecule has 0 radical (unpaired) electrons. The van der Waals surface area contributed by atoms with Crippen LogP contribution in [0.3, 0.4) is 0 Å². The quantitative estimate of drug-likeness (QED) is 0.645. The summed E-state index contributed by atoms with van der Waals surface area (Å²) >= 11 is 0. The maximum Gasteiger partial charge on any atom is 0.0497 e. The summed E-state index contributed by atoms with van der Waals surface area (Å²) in [4.78, 5) is 6.06. The monoisotopic (exact) mass is 264 g/mol. The van der Waals surface area contributed by atoms with Gasteiger partial charge in [-0.1, -0.05) is 18.2 Å². The molecule has 102 valence electrons. The zero-order chi connectivity index (χ0) is 13.9. The largest absolute Gasteiger partial charge is 0.354 e. The number of nitrogens with zero attached hydrogens (tertiary/aromatic N) is 1. The maximum absolute atomic E-state index is 3.61. The summed E-state index contributed by atoms with van der Waals surface area (Å²) in [5.41, 5.74) is 7.06. The molecule has 0 amide bonds. The molecule has 1 aromatic heterocycles. The van der Waals surface area contributed by atoms with Gasteiger partial charge in [0.1, 0.15) is 0 Å². The highest BCUT2D eigenvalue weighted by molar-refractivity contribution is 6.08. The van der Waals surface area contributed by atoms with Crippen LogP contribution in [0.1, 0.15) is 29.7 Å². The van der Waals surface area contributed by atoms with Crippen molar-refractivity contribution in [3.63, 3.8) is 0 Å². The van der Waals surface area contributed by atoms with E-state index in [1.54, 1.807) is 5.56 Å². The number of aromatic amines is 1. The summed E-state index contributed by atoms with van der Waals surface area (Å²) in [6.45, 7) is 5.74. The number of aryl methyl sites for hydroxylation is 1. The summed E-state index contributed by atoms with van der Waals surface area (Å²) in [6.07, 6.45) is 1.16. The second-order valence-electron chi connectivity index (χ2n) is 6.07. The molecule has 2 aromatic carbocycles. The first-order valence-corrected chi connectivity index (χ1v) is 7.40. The first-order chi connectivity index (χ1) is 9.66. The summed E-state index contributed by atoms with van der Waals surface area (Å²) in [6, 6.07) is 11.5. The maximum atomic E-state index is 3.61. The molecule has 0 spiro atoms. The number of likely N-dealkylation sites (N-methyl/N-ethyl adjacent to an activating group) is 1. The van der Waals surface area contributed by atoms with Crippen molar-refractivity contribution in [1.82, 2.24) is 9.88 Å². The van der Waals surface area contributed by atoms with Gasteiger partial charge in [-0.15, -0.1) is 0 Å². The number of nitrogens with one attached hydrogen (secondary N) is 1. The minimum atomic E-state index is 0.510. The highest BCUT2D eigenvalue weighted by atomic mass is 15.1. The Kier molecular flexibility index (Phi) is 2.45. The topological polar surface area (TPSA) is 19.0 Å². The second-order valence-corrected chi connectivity index (χ2v) is 6.07. The predicted octanol–water partition coefficient (Wildman–Crippen LogP) is 4.18. The van der Waals surface area contributed by atoms with Gasteiger partial charge in [-0.2, -0.15) is 0 Å². The molecule has 1 aliphatic heterocycles. The minimum absolute atomic E-state index is 0.510. The lowest BCUT2D eigenvalue weighted by molar-refractivity contribution is 0.247. The normalized spacial score (nSPS) is 19.6. The van der Waals surface area contributed by atoms with Crippen molar-refractivity contribution >= 4 is 21.8 Å². The second kappa shape index (κ2) is 4.10. The van der Waals surface area contributed by atoms with Crippen molar-refractivity contribution in [3.05, 3.63) is 47.0 Å². The van der Waals surface area contributed by atoms with E-state index in [1.165, 1.54) is 32.9 Å². The van der Waals surface area contributed by atoms with E-state index in [0.29, 0.717) is 6.04 Å². The van der Waals surface area contributed by atoms with Crippen molar-refractivity contribution in [1.29, 1.82) is 0 Å². The molecule has 0 unspecified atom stereocenters. The molecule has 0 aliphatic carbocycles. The molecule has 4 rings (SSSR count). The van der Waals surface area contributed by atoms with Crippen LogP contribution < -0.4 is 0 Å². The molecule has 20 heavy (non-hydrogen) atoms. The molecule has 3 aromatic rings. The molecule has 1 aliphatic rings. The Labute approximate surface area is 119 Å². The van der Waals surface area contributed by atoms with Crippen molar-refractivity contribution in [2.45, 2.75) is 26.3 Å². The van der Waals surface area contributed by atoms with E-state index >= 15 is 0 Å². The van der Waals surface area contributed by atoms with Crippen molar-refractivity contribution in [3.8, 4) is 0 Å². The van der Waals surface area contributed by atoms with Gasteiger partial charge in [-0.05, 0) is 56.1 Å². The smallest absolute Gasteiger partial charge is 0.0497 e. The van der Waals surface area contributed by atoms with E-state index < -0.39 is 0 Å². The fourth-order valence-corrected chi connectivity index (χ4v) is 3.64. The molecule has 0 saturated carbocycles. The SMILES string of the molecule is Cc1c2c(cc3c1[nH]c1ccccc13)[C@H](C)N(C)CC2. The fourth-order valence-electron chi connectivity index (χ4n) is 3.64. The van der Waals surface area contributed by atoms with Gasteiger partial charge in [0.2, 0.25) is 0 Å². The third kappa shape index (κ3) is 1.49. The average molecular weight is 264 g/mol. The first kappa shape index (κ1) is 12.0. The van der Waals surface area contributed by atoms with Crippen LogP contribution in [0, 0.1) is 6.92 Å². The molecular formula is C18H20N2. The van der Waals surface area contributed by atoms with E-state index in [4.69, 9.17) is 0 Å². The Balaban J connectivity index is 2.12. The molecule has 2 heteroatoms. The van der Waals surface area contributed by atoms with Gasteiger partial charge in [0, 0.05) is 34.4 Å². The van der Waals surface area contributed by atoms with E-state index in [-0.39, 0.29) is 0 Å². The lowest BCUT2D eigenvalue weighted by Gasteiger charge is -2.33. The van der Waals surface area contributed by atoms with Crippen molar-refractivity contribution in [2.24, 2.45) is 0 Å². The fraction of sp³-hybridized carbons (Fsp3) is 0.333. The number of H-pyrrole nitrogens is 1. The molecule has 0 saturated heterocycles. The van der Waals surface area contributed by atoms with Crippen LogP contribution in [0.4, 0.5) is 0 Å². The molecule has 1 atom stereocenters. The van der Waals surface area contributed by atoms with Crippen molar-refractivity contribution < 1.29 is 0 Å². The average Bonchev–Trinajstić information content (AvgIpc) is 2.83. The zero-order valence-electron chi connectivity index (χ0n) is 12.3. The number of fused-ring (bicyclic) bond motifs is 4. The van der Waals surface area contributed by atoms with E-state index in [1.807, 2.05) is 0 Å². The summed E-state index contributed by atoms with van der Waals surface area (Å²) < 4.78 is 0. The number of para-hydroxylation sites is 1. The molecule has 0 fully saturated rings. The van der Waals surface area contributed by atoms with Crippen LogP contribution >= 0.6 is 0 Å². The number of hydrogen-bond donors (Lipinski definition) is 1. The number of benzene rings is 2. The van der Waals surface area contributed by atoms with Gasteiger partial charge in [-0.3, -0.25) is 4.90 Å².